The molecule has 0 saturated carbocycles. The number of nitrogens with zero attached hydrogens (tertiary/aromatic N) is 3. The largest absolute Gasteiger partial charge is 0.507 e. The van der Waals surface area contributed by atoms with Crippen LogP contribution < -0.4 is 4.74 Å². The average Bonchev–Trinajstić information content (AvgIpc) is 3.14. The summed E-state index contributed by atoms with van der Waals surface area (Å²) in [6.07, 6.45) is 5.10. The molecule has 37 heavy (non-hydrogen) atoms. The summed E-state index contributed by atoms with van der Waals surface area (Å²) >= 11 is 0. The van der Waals surface area contributed by atoms with Crippen molar-refractivity contribution in [3.8, 4) is 5.75 Å². The van der Waals surface area contributed by atoms with Gasteiger partial charge in [-0.3, -0.25) is 24.7 Å². The molecule has 1 N–H and O–H groups in total. The molecule has 0 spiro atoms. The zero-order valence-corrected chi connectivity index (χ0v) is 20.6. The zero-order valence-electron chi connectivity index (χ0n) is 20.6. The predicted molar refractivity (Wildman–Crippen MR) is 137 cm³/mol. The Morgan fingerprint density at radius 2 is 1.92 bits per heavy atom. The first-order chi connectivity index (χ1) is 17.8. The number of hydrogen-bond acceptors (Lipinski definition) is 7. The molecule has 0 unspecified atom stereocenters. The number of ether oxygens (including phenoxy) is 1. The number of aliphatic hydroxyl groups excluding tert-OH is 1. The average molecular weight is 502 g/mol. The van der Waals surface area contributed by atoms with Crippen LogP contribution in [-0.4, -0.2) is 38.2 Å². The lowest BCUT2D eigenvalue weighted by molar-refractivity contribution is -0.384. The van der Waals surface area contributed by atoms with Crippen LogP contribution in [0.2, 0.25) is 0 Å². The molecule has 2 heterocycles. The number of rotatable bonds is 9. The number of benzene rings is 2. The molecule has 3 aromatic rings. The number of carbonyl (C=O) groups excluding carboxylic acids is 2. The van der Waals surface area contributed by atoms with E-state index in [0.717, 1.165) is 12.8 Å². The quantitative estimate of drug-likeness (QED) is 0.108. The second-order valence-electron chi connectivity index (χ2n) is 8.82. The standard InChI is InChI=1S/C28H27N3O6/c1-3-4-14-37-22-11-12-23(18(2)15-22)26(32)24-25(20-7-9-21(10-8-20)31(35)36)30(28(34)27(24)33)17-19-6-5-13-29-16-19/h5-13,15-16,25,32H,3-4,14,17H2,1-2H3/t25-/m1/s1. The van der Waals surface area contributed by atoms with Gasteiger partial charge >= 0.3 is 0 Å². The number of amides is 1. The summed E-state index contributed by atoms with van der Waals surface area (Å²) < 4.78 is 5.74. The van der Waals surface area contributed by atoms with Crippen molar-refractivity contribution in [2.24, 2.45) is 0 Å². The minimum atomic E-state index is -0.944. The molecule has 1 aliphatic rings. The second kappa shape index (κ2) is 11.0. The Labute approximate surface area is 214 Å². The van der Waals surface area contributed by atoms with Crippen molar-refractivity contribution in [3.05, 3.63) is 105 Å². The number of nitro benzene ring substituents is 1. The van der Waals surface area contributed by atoms with Gasteiger partial charge in [0, 0.05) is 36.6 Å². The van der Waals surface area contributed by atoms with Crippen LogP contribution in [0.3, 0.4) is 0 Å². The fraction of sp³-hybridized carbons (Fsp3) is 0.250. The third-order valence-corrected chi connectivity index (χ3v) is 6.25. The van der Waals surface area contributed by atoms with Crippen LogP contribution in [0.25, 0.3) is 5.76 Å². The molecule has 190 valence electrons. The number of likely N-dealkylation sites (tertiary alicyclic amines) is 1. The van der Waals surface area contributed by atoms with E-state index < -0.39 is 22.7 Å². The maximum absolute atomic E-state index is 13.3. The van der Waals surface area contributed by atoms with Gasteiger partial charge in [0.2, 0.25) is 0 Å². The van der Waals surface area contributed by atoms with Gasteiger partial charge in [-0.05, 0) is 66.4 Å². The predicted octanol–water partition coefficient (Wildman–Crippen LogP) is 5.10. The Balaban J connectivity index is 1.79. The van der Waals surface area contributed by atoms with Crippen LogP contribution in [0.5, 0.6) is 5.75 Å². The van der Waals surface area contributed by atoms with Crippen LogP contribution in [-0.2, 0) is 16.1 Å². The summed E-state index contributed by atoms with van der Waals surface area (Å²) in [5.74, 6) is -1.27. The third-order valence-electron chi connectivity index (χ3n) is 6.25. The van der Waals surface area contributed by atoms with Crippen LogP contribution in [0.1, 0.15) is 48.1 Å². The van der Waals surface area contributed by atoms with Crippen LogP contribution >= 0.6 is 0 Å². The van der Waals surface area contributed by atoms with E-state index in [2.05, 4.69) is 11.9 Å². The number of pyridine rings is 1. The molecule has 1 fully saturated rings. The van der Waals surface area contributed by atoms with E-state index in [1.165, 1.54) is 29.2 Å². The summed E-state index contributed by atoms with van der Waals surface area (Å²) in [5.41, 5.74) is 2.03. The molecule has 0 bridgehead atoms. The highest BCUT2D eigenvalue weighted by Gasteiger charge is 2.46. The highest BCUT2D eigenvalue weighted by molar-refractivity contribution is 6.46. The molecule has 0 aliphatic carbocycles. The Morgan fingerprint density at radius 1 is 1.16 bits per heavy atom. The second-order valence-corrected chi connectivity index (χ2v) is 8.82. The van der Waals surface area contributed by atoms with Crippen molar-refractivity contribution in [1.82, 2.24) is 9.88 Å². The molecule has 1 amide bonds. The highest BCUT2D eigenvalue weighted by Crippen LogP contribution is 2.41. The maximum atomic E-state index is 13.3. The van der Waals surface area contributed by atoms with Gasteiger partial charge in [0.05, 0.1) is 23.1 Å². The number of Topliss-reactive ketones (excluding diaryl/α,β-unsaturated/α-hetero) is 1. The molecule has 4 rings (SSSR count). The number of aromatic nitrogens is 1. The fourth-order valence-corrected chi connectivity index (χ4v) is 4.33. The lowest BCUT2D eigenvalue weighted by Crippen LogP contribution is -2.29. The van der Waals surface area contributed by atoms with Crippen molar-refractivity contribution >= 4 is 23.1 Å². The Morgan fingerprint density at radius 3 is 2.54 bits per heavy atom. The van der Waals surface area contributed by atoms with Crippen molar-refractivity contribution in [3.63, 3.8) is 0 Å². The van der Waals surface area contributed by atoms with Crippen molar-refractivity contribution in [1.29, 1.82) is 0 Å². The van der Waals surface area contributed by atoms with Gasteiger partial charge in [0.1, 0.15) is 11.5 Å². The van der Waals surface area contributed by atoms with Gasteiger partial charge in [0.25, 0.3) is 17.4 Å². The smallest absolute Gasteiger partial charge is 0.295 e. The Bertz CT molecular complexity index is 1350. The van der Waals surface area contributed by atoms with Gasteiger partial charge in [0.15, 0.2) is 0 Å². The Kier molecular flexibility index (Phi) is 7.62. The molecule has 1 aromatic heterocycles. The molecule has 1 saturated heterocycles. The van der Waals surface area contributed by atoms with E-state index >= 15 is 0 Å². The first-order valence-corrected chi connectivity index (χ1v) is 12.0. The van der Waals surface area contributed by atoms with Gasteiger partial charge < -0.3 is 14.7 Å². The molecule has 9 heteroatoms. The summed E-state index contributed by atoms with van der Waals surface area (Å²) in [6, 6.07) is 13.3. The molecule has 2 aromatic carbocycles. The molecule has 1 aliphatic heterocycles. The first kappa shape index (κ1) is 25.6. The van der Waals surface area contributed by atoms with Crippen molar-refractivity contribution < 1.29 is 24.4 Å². The SMILES string of the molecule is CCCCOc1ccc(C(O)=C2C(=O)C(=O)N(Cc3cccnc3)[C@@H]2c2ccc([N+](=O)[O-])cc2)c(C)c1. The van der Waals surface area contributed by atoms with Crippen LogP contribution in [0, 0.1) is 17.0 Å². The molecule has 9 nitrogen and oxygen atoms in total. The summed E-state index contributed by atoms with van der Waals surface area (Å²) in [4.78, 5) is 42.5. The van der Waals surface area contributed by atoms with E-state index in [0.29, 0.717) is 34.6 Å². The summed E-state index contributed by atoms with van der Waals surface area (Å²) in [7, 11) is 0. The number of aryl methyl sites for hydroxylation is 1. The number of carbonyl (C=O) groups is 2. The third kappa shape index (κ3) is 5.35. The number of non-ortho nitro benzene ring substituents is 1. The molecule has 1 atom stereocenters. The van der Waals surface area contributed by atoms with Gasteiger partial charge in [-0.2, -0.15) is 0 Å². The minimum Gasteiger partial charge on any atom is -0.507 e. The first-order valence-electron chi connectivity index (χ1n) is 12.0. The monoisotopic (exact) mass is 501 g/mol. The van der Waals surface area contributed by atoms with E-state index in [1.807, 2.05) is 0 Å². The normalized spacial score (nSPS) is 16.7. The molecule has 0 radical (unpaired) electrons. The minimum absolute atomic E-state index is 0.0695. The molecular formula is C28H27N3O6. The Hall–Kier alpha value is -4.53. The maximum Gasteiger partial charge on any atom is 0.295 e. The number of aliphatic hydroxyl groups is 1. The number of nitro groups is 1. The van der Waals surface area contributed by atoms with E-state index in [9.17, 15) is 24.8 Å². The fourth-order valence-electron chi connectivity index (χ4n) is 4.33. The lowest BCUT2D eigenvalue weighted by Gasteiger charge is -2.25. The summed E-state index contributed by atoms with van der Waals surface area (Å²) in [6.45, 7) is 4.50. The lowest BCUT2D eigenvalue weighted by atomic mass is 9.93. The van der Waals surface area contributed by atoms with Crippen LogP contribution in [0.4, 0.5) is 5.69 Å². The zero-order chi connectivity index (χ0) is 26.5. The molecular weight excluding hydrogens is 474 g/mol. The van der Waals surface area contributed by atoms with E-state index in [4.69, 9.17) is 4.74 Å². The van der Waals surface area contributed by atoms with Gasteiger partial charge in [-0.15, -0.1) is 0 Å². The van der Waals surface area contributed by atoms with E-state index in [-0.39, 0.29) is 23.6 Å². The number of unbranched alkanes of at least 4 members (excludes halogenated alkanes) is 1. The van der Waals surface area contributed by atoms with Gasteiger partial charge in [-0.1, -0.05) is 19.4 Å². The number of hydrogen-bond donors (Lipinski definition) is 1. The summed E-state index contributed by atoms with van der Waals surface area (Å²) in [5, 5.41) is 22.5. The van der Waals surface area contributed by atoms with E-state index in [1.54, 1.807) is 49.6 Å². The van der Waals surface area contributed by atoms with Gasteiger partial charge in [-0.25, -0.2) is 0 Å². The topological polar surface area (TPSA) is 123 Å². The van der Waals surface area contributed by atoms with Crippen molar-refractivity contribution in [2.45, 2.75) is 39.3 Å². The number of ketones is 1. The van der Waals surface area contributed by atoms with Crippen molar-refractivity contribution in [2.75, 3.05) is 6.61 Å². The van der Waals surface area contributed by atoms with Crippen LogP contribution in [0.15, 0.2) is 72.6 Å². The highest BCUT2D eigenvalue weighted by atomic mass is 16.6.